The lowest BCUT2D eigenvalue weighted by Gasteiger charge is -2.55. The van der Waals surface area contributed by atoms with Crippen LogP contribution in [0.3, 0.4) is 0 Å². The van der Waals surface area contributed by atoms with E-state index < -0.39 is 0 Å². The predicted octanol–water partition coefficient (Wildman–Crippen LogP) is 7.05. The molecule has 1 unspecified atom stereocenters. The molecule has 0 bridgehead atoms. The van der Waals surface area contributed by atoms with E-state index in [0.717, 1.165) is 36.5 Å². The third-order valence-electron chi connectivity index (χ3n) is 10.3. The maximum Gasteiger partial charge on any atom is 0.146 e. The van der Waals surface area contributed by atoms with Crippen LogP contribution in [0.5, 0.6) is 0 Å². The Kier molecular flexibility index (Phi) is 7.90. The van der Waals surface area contributed by atoms with Crippen molar-refractivity contribution < 1.29 is 14.6 Å². The number of fused-ring (bicyclic) bond motifs is 5. The van der Waals surface area contributed by atoms with Gasteiger partial charge >= 0.3 is 0 Å². The zero-order valence-electron chi connectivity index (χ0n) is 21.2. The average molecular weight is 445 g/mol. The molecule has 4 rings (SSSR count). The highest BCUT2D eigenvalue weighted by molar-refractivity contribution is 5.38. The highest BCUT2D eigenvalue weighted by Crippen LogP contribution is 2.66. The Bertz CT molecular complexity index is 697. The predicted molar refractivity (Wildman–Crippen MR) is 131 cm³/mol. The van der Waals surface area contributed by atoms with Crippen LogP contribution in [0.25, 0.3) is 0 Å². The zero-order valence-corrected chi connectivity index (χ0v) is 21.2. The fourth-order valence-electron chi connectivity index (χ4n) is 8.38. The van der Waals surface area contributed by atoms with E-state index in [-0.39, 0.29) is 0 Å². The molecule has 32 heavy (non-hydrogen) atoms. The fourth-order valence-corrected chi connectivity index (χ4v) is 8.38. The van der Waals surface area contributed by atoms with Gasteiger partial charge in [0.25, 0.3) is 0 Å². The summed E-state index contributed by atoms with van der Waals surface area (Å²) in [6, 6.07) is 0. The highest BCUT2D eigenvalue weighted by atomic mass is 16.7. The second kappa shape index (κ2) is 10.3. The SMILES string of the molecule is COCO[C@H]1CC[C@@]2(C)C(=CC=C3C2CC[C@]2(C)[C@@H]([C@H](C)CCCCCCO)CC[C@@H]32)C1. The molecule has 182 valence electrons. The molecule has 0 spiro atoms. The molecule has 0 aromatic rings. The number of rotatable bonds is 10. The molecule has 0 radical (unpaired) electrons. The molecule has 3 nitrogen and oxygen atoms in total. The number of unbranched alkanes of at least 4 members (excludes halogenated alkanes) is 3. The van der Waals surface area contributed by atoms with Crippen molar-refractivity contribution in [1.82, 2.24) is 0 Å². The topological polar surface area (TPSA) is 38.7 Å². The van der Waals surface area contributed by atoms with Gasteiger partial charge in [0, 0.05) is 13.7 Å². The molecule has 0 amide bonds. The Balaban J connectivity index is 1.44. The standard InChI is InChI=1S/C29H48O3/c1-21(9-7-5-6-8-18-30)25-12-13-26-24-11-10-22-19-23(32-20-31-4)14-16-28(22,2)27(24)15-17-29(25,26)3/h10-11,21,23,25-27,30H,5-9,12-20H2,1-4H3/t21-,23+,25-,26+,27?,28+,29-/m1/s1. The monoisotopic (exact) mass is 444 g/mol. The molecule has 7 atom stereocenters. The fraction of sp³-hybridized carbons (Fsp3) is 0.862. The summed E-state index contributed by atoms with van der Waals surface area (Å²) in [5.41, 5.74) is 4.27. The molecule has 3 saturated carbocycles. The molecule has 1 N–H and O–H groups in total. The van der Waals surface area contributed by atoms with Crippen molar-refractivity contribution in [3.05, 3.63) is 23.3 Å². The Labute approximate surface area is 197 Å². The maximum atomic E-state index is 9.02. The summed E-state index contributed by atoms with van der Waals surface area (Å²) in [6.07, 6.45) is 20.6. The van der Waals surface area contributed by atoms with Crippen LogP contribution in [0.2, 0.25) is 0 Å². The number of aliphatic hydroxyl groups is 1. The van der Waals surface area contributed by atoms with Crippen LogP contribution in [0, 0.1) is 34.5 Å². The van der Waals surface area contributed by atoms with Crippen LogP contribution in [0.1, 0.15) is 97.8 Å². The van der Waals surface area contributed by atoms with Gasteiger partial charge in [0.05, 0.1) is 6.10 Å². The van der Waals surface area contributed by atoms with Crippen molar-refractivity contribution in [3.63, 3.8) is 0 Å². The molecule has 0 heterocycles. The lowest BCUT2D eigenvalue weighted by atomic mass is 9.50. The Morgan fingerprint density at radius 1 is 1.00 bits per heavy atom. The van der Waals surface area contributed by atoms with Gasteiger partial charge in [-0.05, 0) is 85.9 Å². The molecule has 3 heteroatoms. The molecule has 0 saturated heterocycles. The normalized spacial score (nSPS) is 39.5. The van der Waals surface area contributed by atoms with E-state index in [2.05, 4.69) is 32.9 Å². The summed E-state index contributed by atoms with van der Waals surface area (Å²) in [4.78, 5) is 0. The van der Waals surface area contributed by atoms with Crippen LogP contribution in [-0.4, -0.2) is 31.7 Å². The summed E-state index contributed by atoms with van der Waals surface area (Å²) < 4.78 is 11.1. The van der Waals surface area contributed by atoms with E-state index in [0.29, 0.717) is 30.3 Å². The Morgan fingerprint density at radius 3 is 2.59 bits per heavy atom. The van der Waals surface area contributed by atoms with Gasteiger partial charge in [-0.25, -0.2) is 0 Å². The molecule has 4 aliphatic carbocycles. The van der Waals surface area contributed by atoms with E-state index in [9.17, 15) is 0 Å². The van der Waals surface area contributed by atoms with Crippen LogP contribution in [0.15, 0.2) is 23.3 Å². The van der Waals surface area contributed by atoms with E-state index in [1.807, 2.05) is 0 Å². The van der Waals surface area contributed by atoms with Gasteiger partial charge in [-0.1, -0.05) is 69.8 Å². The smallest absolute Gasteiger partial charge is 0.146 e. The van der Waals surface area contributed by atoms with E-state index in [1.54, 1.807) is 18.3 Å². The molecule has 0 aliphatic heterocycles. The molecule has 0 aromatic carbocycles. The first-order valence-electron chi connectivity index (χ1n) is 13.6. The second-order valence-electron chi connectivity index (χ2n) is 12.0. The third-order valence-corrected chi connectivity index (χ3v) is 10.3. The van der Waals surface area contributed by atoms with Gasteiger partial charge in [0.2, 0.25) is 0 Å². The van der Waals surface area contributed by atoms with Gasteiger partial charge in [-0.2, -0.15) is 0 Å². The minimum absolute atomic E-state index is 0.326. The summed E-state index contributed by atoms with van der Waals surface area (Å²) in [6.45, 7) is 8.51. The van der Waals surface area contributed by atoms with Crippen molar-refractivity contribution in [2.75, 3.05) is 20.5 Å². The largest absolute Gasteiger partial charge is 0.396 e. The number of methoxy groups -OCH3 is 1. The van der Waals surface area contributed by atoms with Crippen molar-refractivity contribution in [2.45, 2.75) is 104 Å². The van der Waals surface area contributed by atoms with Crippen molar-refractivity contribution in [1.29, 1.82) is 0 Å². The molecule has 4 aliphatic rings. The lowest BCUT2D eigenvalue weighted by Crippen LogP contribution is -2.46. The summed E-state index contributed by atoms with van der Waals surface area (Å²) in [5.74, 6) is 3.25. The lowest BCUT2D eigenvalue weighted by molar-refractivity contribution is -0.0865. The van der Waals surface area contributed by atoms with Gasteiger partial charge < -0.3 is 14.6 Å². The van der Waals surface area contributed by atoms with Crippen LogP contribution < -0.4 is 0 Å². The highest BCUT2D eigenvalue weighted by Gasteiger charge is 2.56. The van der Waals surface area contributed by atoms with Gasteiger partial charge in [0.1, 0.15) is 6.79 Å². The number of hydrogen-bond acceptors (Lipinski definition) is 3. The second-order valence-corrected chi connectivity index (χ2v) is 12.0. The van der Waals surface area contributed by atoms with Crippen molar-refractivity contribution in [3.8, 4) is 0 Å². The Hall–Kier alpha value is -0.640. The first kappa shape index (κ1) is 24.5. The summed E-state index contributed by atoms with van der Waals surface area (Å²) in [7, 11) is 1.72. The molecular formula is C29H48O3. The van der Waals surface area contributed by atoms with E-state index >= 15 is 0 Å². The number of hydrogen-bond donors (Lipinski definition) is 1. The molecule has 0 aromatic heterocycles. The first-order valence-corrected chi connectivity index (χ1v) is 13.6. The molecule has 3 fully saturated rings. The van der Waals surface area contributed by atoms with Crippen LogP contribution >= 0.6 is 0 Å². The maximum absolute atomic E-state index is 9.02. The average Bonchev–Trinajstić information content (AvgIpc) is 3.14. The van der Waals surface area contributed by atoms with Crippen molar-refractivity contribution >= 4 is 0 Å². The van der Waals surface area contributed by atoms with Gasteiger partial charge in [0.15, 0.2) is 0 Å². The third kappa shape index (κ3) is 4.51. The number of aliphatic hydroxyl groups excluding tert-OH is 1. The minimum Gasteiger partial charge on any atom is -0.396 e. The Morgan fingerprint density at radius 2 is 1.81 bits per heavy atom. The minimum atomic E-state index is 0.326. The summed E-state index contributed by atoms with van der Waals surface area (Å²) in [5, 5.41) is 9.02. The van der Waals surface area contributed by atoms with Crippen molar-refractivity contribution in [2.24, 2.45) is 34.5 Å². The van der Waals surface area contributed by atoms with Gasteiger partial charge in [-0.3, -0.25) is 0 Å². The van der Waals surface area contributed by atoms with Gasteiger partial charge in [-0.15, -0.1) is 0 Å². The first-order chi connectivity index (χ1) is 15.4. The van der Waals surface area contributed by atoms with E-state index in [4.69, 9.17) is 14.6 Å². The number of ether oxygens (including phenoxy) is 2. The quantitative estimate of drug-likeness (QED) is 0.290. The van der Waals surface area contributed by atoms with E-state index in [1.165, 1.54) is 64.2 Å². The van der Waals surface area contributed by atoms with Crippen LogP contribution in [0.4, 0.5) is 0 Å². The zero-order chi connectivity index (χ0) is 22.8. The number of allylic oxidation sites excluding steroid dienone is 3. The van der Waals surface area contributed by atoms with Crippen LogP contribution in [-0.2, 0) is 9.47 Å². The summed E-state index contributed by atoms with van der Waals surface area (Å²) >= 11 is 0. The molecular weight excluding hydrogens is 396 g/mol.